The molecule has 0 aliphatic carbocycles. The highest BCUT2D eigenvalue weighted by molar-refractivity contribution is 7.80. The molecule has 0 amide bonds. The number of aryl methyl sites for hydroxylation is 1. The Morgan fingerprint density at radius 3 is 2.52 bits per heavy atom. The van der Waals surface area contributed by atoms with E-state index in [2.05, 4.69) is 15.8 Å². The zero-order chi connectivity index (χ0) is 19.4. The number of anilines is 1. The number of rotatable bonds is 4. The van der Waals surface area contributed by atoms with Gasteiger partial charge in [0.25, 0.3) is 5.56 Å². The SMILES string of the molecule is CCn1c(=O)c(C(C)=NNC(=S)Nc2ccccc2)c(O)c2ccccc21. The molecule has 7 heteroatoms. The van der Waals surface area contributed by atoms with Crippen LogP contribution in [0.1, 0.15) is 19.4 Å². The number of aromatic hydroxyl groups is 1. The summed E-state index contributed by atoms with van der Waals surface area (Å²) in [4.78, 5) is 12.9. The van der Waals surface area contributed by atoms with E-state index in [1.54, 1.807) is 17.6 Å². The molecule has 27 heavy (non-hydrogen) atoms. The van der Waals surface area contributed by atoms with Crippen LogP contribution in [0.25, 0.3) is 10.9 Å². The van der Waals surface area contributed by atoms with E-state index in [1.165, 1.54) is 0 Å². The number of para-hydroxylation sites is 2. The third-order valence-electron chi connectivity index (χ3n) is 4.18. The van der Waals surface area contributed by atoms with Crippen molar-refractivity contribution in [3.63, 3.8) is 0 Å². The number of benzene rings is 2. The first-order valence-electron chi connectivity index (χ1n) is 8.54. The standard InChI is InChI=1S/C20H20N4O2S/c1-3-24-16-12-8-7-11-15(16)18(25)17(19(24)26)13(2)22-23-20(27)21-14-9-5-4-6-10-14/h4-12,25H,3H2,1-2H3,(H2,21,23,27). The average molecular weight is 380 g/mol. The average Bonchev–Trinajstić information content (AvgIpc) is 2.68. The second-order valence-corrected chi connectivity index (χ2v) is 6.33. The van der Waals surface area contributed by atoms with Crippen molar-refractivity contribution >= 4 is 39.6 Å². The number of hydrogen-bond donors (Lipinski definition) is 3. The van der Waals surface area contributed by atoms with Gasteiger partial charge in [-0.15, -0.1) is 0 Å². The minimum atomic E-state index is -0.293. The number of hydrogen-bond acceptors (Lipinski definition) is 4. The fourth-order valence-electron chi connectivity index (χ4n) is 2.90. The van der Waals surface area contributed by atoms with Crippen LogP contribution in [0.2, 0.25) is 0 Å². The van der Waals surface area contributed by atoms with Crippen molar-refractivity contribution in [1.82, 2.24) is 9.99 Å². The van der Waals surface area contributed by atoms with E-state index in [0.717, 1.165) is 5.69 Å². The Labute approximate surface area is 162 Å². The van der Waals surface area contributed by atoms with Crippen LogP contribution in [0.5, 0.6) is 5.75 Å². The minimum Gasteiger partial charge on any atom is -0.506 e. The lowest BCUT2D eigenvalue weighted by molar-refractivity contribution is 0.477. The van der Waals surface area contributed by atoms with Crippen LogP contribution < -0.4 is 16.3 Å². The number of hydrazone groups is 1. The third-order valence-corrected chi connectivity index (χ3v) is 4.37. The molecule has 0 fully saturated rings. The number of aromatic nitrogens is 1. The zero-order valence-electron chi connectivity index (χ0n) is 15.1. The van der Waals surface area contributed by atoms with Crippen molar-refractivity contribution < 1.29 is 5.11 Å². The first kappa shape index (κ1) is 18.6. The van der Waals surface area contributed by atoms with Crippen LogP contribution >= 0.6 is 12.2 Å². The number of nitrogens with one attached hydrogen (secondary N) is 2. The molecular weight excluding hydrogens is 360 g/mol. The Hall–Kier alpha value is -3.19. The quantitative estimate of drug-likeness (QED) is 0.367. The molecule has 0 unspecified atom stereocenters. The van der Waals surface area contributed by atoms with E-state index >= 15 is 0 Å². The molecule has 1 aromatic heterocycles. The van der Waals surface area contributed by atoms with Gasteiger partial charge in [0.2, 0.25) is 0 Å². The number of thiocarbonyl (C=S) groups is 1. The summed E-state index contributed by atoms with van der Waals surface area (Å²) in [5.74, 6) is -0.0784. The maximum atomic E-state index is 12.9. The Balaban J connectivity index is 1.93. The van der Waals surface area contributed by atoms with Gasteiger partial charge in [0.1, 0.15) is 11.3 Å². The lowest BCUT2D eigenvalue weighted by Crippen LogP contribution is -2.29. The molecule has 0 aliphatic rings. The summed E-state index contributed by atoms with van der Waals surface area (Å²) >= 11 is 5.22. The zero-order valence-corrected chi connectivity index (χ0v) is 15.9. The van der Waals surface area contributed by atoms with Crippen LogP contribution in [0, 0.1) is 0 Å². The van der Waals surface area contributed by atoms with Gasteiger partial charge in [-0.2, -0.15) is 5.10 Å². The summed E-state index contributed by atoms with van der Waals surface area (Å²) in [5, 5.41) is 18.7. The molecule has 1 heterocycles. The summed E-state index contributed by atoms with van der Waals surface area (Å²) in [7, 11) is 0. The molecule has 0 saturated heterocycles. The van der Waals surface area contributed by atoms with Gasteiger partial charge in [-0.1, -0.05) is 30.3 Å². The van der Waals surface area contributed by atoms with Crippen molar-refractivity contribution in [3.8, 4) is 5.75 Å². The highest BCUT2D eigenvalue weighted by Gasteiger charge is 2.17. The lowest BCUT2D eigenvalue weighted by Gasteiger charge is -2.14. The first-order chi connectivity index (χ1) is 13.0. The van der Waals surface area contributed by atoms with Gasteiger partial charge in [0.05, 0.1) is 11.2 Å². The smallest absolute Gasteiger partial charge is 0.263 e. The van der Waals surface area contributed by atoms with Crippen LogP contribution in [0.15, 0.2) is 64.5 Å². The molecule has 0 radical (unpaired) electrons. The van der Waals surface area contributed by atoms with Crippen molar-refractivity contribution in [1.29, 1.82) is 0 Å². The largest absolute Gasteiger partial charge is 0.506 e. The molecule has 0 spiro atoms. The molecule has 3 N–H and O–H groups in total. The highest BCUT2D eigenvalue weighted by Crippen LogP contribution is 2.26. The van der Waals surface area contributed by atoms with Gasteiger partial charge < -0.3 is 15.0 Å². The van der Waals surface area contributed by atoms with E-state index in [-0.39, 0.29) is 22.0 Å². The monoisotopic (exact) mass is 380 g/mol. The van der Waals surface area contributed by atoms with Crippen molar-refractivity contribution in [2.45, 2.75) is 20.4 Å². The predicted octanol–water partition coefficient (Wildman–Crippen LogP) is 3.44. The summed E-state index contributed by atoms with van der Waals surface area (Å²) in [6.45, 7) is 4.03. The minimum absolute atomic E-state index is 0.0784. The molecule has 0 aliphatic heterocycles. The predicted molar refractivity (Wildman–Crippen MR) is 114 cm³/mol. The van der Waals surface area contributed by atoms with Gasteiger partial charge in [0, 0.05) is 17.6 Å². The van der Waals surface area contributed by atoms with E-state index in [0.29, 0.717) is 23.2 Å². The normalized spacial score (nSPS) is 11.4. The van der Waals surface area contributed by atoms with Gasteiger partial charge >= 0.3 is 0 Å². The Kier molecular flexibility index (Phi) is 5.52. The molecule has 2 aromatic carbocycles. The fourth-order valence-corrected chi connectivity index (χ4v) is 3.06. The second-order valence-electron chi connectivity index (χ2n) is 5.92. The molecule has 0 bridgehead atoms. The summed E-state index contributed by atoms with van der Waals surface area (Å²) in [6, 6.07) is 16.7. The summed E-state index contributed by atoms with van der Waals surface area (Å²) < 4.78 is 1.62. The molecule has 3 aromatic rings. The second kappa shape index (κ2) is 8.01. The molecule has 3 rings (SSSR count). The van der Waals surface area contributed by atoms with E-state index in [4.69, 9.17) is 12.2 Å². The van der Waals surface area contributed by atoms with Crippen molar-refractivity contribution in [2.75, 3.05) is 5.32 Å². The Morgan fingerprint density at radius 2 is 1.81 bits per heavy atom. The van der Waals surface area contributed by atoms with Crippen LogP contribution in [-0.4, -0.2) is 20.5 Å². The van der Waals surface area contributed by atoms with Gasteiger partial charge in [-0.05, 0) is 50.3 Å². The Morgan fingerprint density at radius 1 is 1.15 bits per heavy atom. The van der Waals surface area contributed by atoms with Gasteiger partial charge in [-0.25, -0.2) is 0 Å². The van der Waals surface area contributed by atoms with Gasteiger partial charge in [0.15, 0.2) is 5.11 Å². The molecule has 6 nitrogen and oxygen atoms in total. The molecule has 0 saturated carbocycles. The first-order valence-corrected chi connectivity index (χ1v) is 8.95. The molecule has 0 atom stereocenters. The summed E-state index contributed by atoms with van der Waals surface area (Å²) in [5.41, 5.74) is 4.45. The summed E-state index contributed by atoms with van der Waals surface area (Å²) in [6.07, 6.45) is 0. The topological polar surface area (TPSA) is 78.7 Å². The van der Waals surface area contributed by atoms with Crippen molar-refractivity contribution in [3.05, 3.63) is 70.5 Å². The fraction of sp³-hybridized carbons (Fsp3) is 0.150. The van der Waals surface area contributed by atoms with E-state index in [9.17, 15) is 9.90 Å². The van der Waals surface area contributed by atoms with Crippen LogP contribution in [0.3, 0.4) is 0 Å². The third kappa shape index (κ3) is 3.83. The lowest BCUT2D eigenvalue weighted by atomic mass is 10.1. The number of fused-ring (bicyclic) bond motifs is 1. The van der Waals surface area contributed by atoms with Gasteiger partial charge in [-0.3, -0.25) is 10.2 Å². The maximum Gasteiger partial charge on any atom is 0.263 e. The van der Waals surface area contributed by atoms with E-state index < -0.39 is 0 Å². The number of nitrogens with zero attached hydrogens (tertiary/aromatic N) is 2. The Bertz CT molecular complexity index is 1070. The maximum absolute atomic E-state index is 12.9. The van der Waals surface area contributed by atoms with Crippen molar-refractivity contribution in [2.24, 2.45) is 5.10 Å². The molecular formula is C20H20N4O2S. The van der Waals surface area contributed by atoms with E-state index in [1.807, 2.05) is 55.5 Å². The molecule has 138 valence electrons. The van der Waals surface area contributed by atoms with Crippen LogP contribution in [-0.2, 0) is 6.54 Å². The number of pyridine rings is 1. The van der Waals surface area contributed by atoms with Crippen LogP contribution in [0.4, 0.5) is 5.69 Å². The highest BCUT2D eigenvalue weighted by atomic mass is 32.1.